The monoisotopic (exact) mass is 337 g/mol. The highest BCUT2D eigenvalue weighted by Gasteiger charge is 2.17. The van der Waals surface area contributed by atoms with E-state index < -0.39 is 16.0 Å². The van der Waals surface area contributed by atoms with Gasteiger partial charge in [0.15, 0.2) is 0 Å². The van der Waals surface area contributed by atoms with E-state index in [1.807, 2.05) is 0 Å². The smallest absolute Gasteiger partial charge is 0.335 e. The fourth-order valence-corrected chi connectivity index (χ4v) is 2.93. The SMILES string of the molecule is COc1ccc(NS(=O)(=O)c2ccc(C(=O)O)cc2)c(OC)c1. The molecule has 2 aromatic rings. The quantitative estimate of drug-likeness (QED) is 0.838. The van der Waals surface area contributed by atoms with Crippen LogP contribution < -0.4 is 14.2 Å². The standard InChI is InChI=1S/C15H15NO6S/c1-21-11-5-8-13(14(9-11)22-2)16-23(19,20)12-6-3-10(4-7-12)15(17)18/h3-9,16H,1-2H3,(H,17,18). The van der Waals surface area contributed by atoms with Crippen LogP contribution in [0, 0.1) is 0 Å². The molecular weight excluding hydrogens is 322 g/mol. The Labute approximate surface area is 133 Å². The lowest BCUT2D eigenvalue weighted by molar-refractivity contribution is 0.0696. The molecule has 122 valence electrons. The second-order valence-electron chi connectivity index (χ2n) is 4.50. The van der Waals surface area contributed by atoms with E-state index >= 15 is 0 Å². The second kappa shape index (κ2) is 6.57. The van der Waals surface area contributed by atoms with Crippen LogP contribution in [0.1, 0.15) is 10.4 Å². The summed E-state index contributed by atoms with van der Waals surface area (Å²) in [6.45, 7) is 0. The number of nitrogens with one attached hydrogen (secondary N) is 1. The van der Waals surface area contributed by atoms with Crippen LogP contribution in [0.25, 0.3) is 0 Å². The fourth-order valence-electron chi connectivity index (χ4n) is 1.86. The zero-order valence-electron chi connectivity index (χ0n) is 12.4. The predicted octanol–water partition coefficient (Wildman–Crippen LogP) is 2.20. The zero-order chi connectivity index (χ0) is 17.0. The number of anilines is 1. The Bertz CT molecular complexity index is 814. The van der Waals surface area contributed by atoms with Crippen molar-refractivity contribution in [2.75, 3.05) is 18.9 Å². The molecule has 0 aliphatic carbocycles. The summed E-state index contributed by atoms with van der Waals surface area (Å²) in [5.41, 5.74) is 0.251. The van der Waals surface area contributed by atoms with E-state index in [2.05, 4.69) is 4.72 Å². The van der Waals surface area contributed by atoms with Crippen molar-refractivity contribution in [2.24, 2.45) is 0 Å². The van der Waals surface area contributed by atoms with Gasteiger partial charge in [0.05, 0.1) is 30.4 Å². The molecule has 2 N–H and O–H groups in total. The average molecular weight is 337 g/mol. The third kappa shape index (κ3) is 3.72. The normalized spacial score (nSPS) is 10.9. The van der Waals surface area contributed by atoms with Crippen LogP contribution in [0.3, 0.4) is 0 Å². The number of sulfonamides is 1. The number of carboxylic acid groups (broad SMARTS) is 1. The van der Waals surface area contributed by atoms with Crippen molar-refractivity contribution >= 4 is 21.7 Å². The first kappa shape index (κ1) is 16.6. The number of carboxylic acids is 1. The Morgan fingerprint density at radius 1 is 1.04 bits per heavy atom. The van der Waals surface area contributed by atoms with Crippen LogP contribution in [-0.2, 0) is 10.0 Å². The number of hydrogen-bond donors (Lipinski definition) is 2. The minimum atomic E-state index is -3.87. The number of ether oxygens (including phenoxy) is 2. The maximum Gasteiger partial charge on any atom is 0.335 e. The number of methoxy groups -OCH3 is 2. The van der Waals surface area contributed by atoms with E-state index in [-0.39, 0.29) is 16.1 Å². The molecule has 0 bridgehead atoms. The van der Waals surface area contributed by atoms with E-state index in [0.29, 0.717) is 11.5 Å². The number of aromatic carboxylic acids is 1. The molecule has 0 unspecified atom stereocenters. The van der Waals surface area contributed by atoms with Crippen molar-refractivity contribution in [3.8, 4) is 11.5 Å². The van der Waals surface area contributed by atoms with Crippen LogP contribution in [0.15, 0.2) is 47.4 Å². The van der Waals surface area contributed by atoms with E-state index in [4.69, 9.17) is 14.6 Å². The summed E-state index contributed by atoms with van der Waals surface area (Å²) in [6, 6.07) is 9.55. The lowest BCUT2D eigenvalue weighted by Gasteiger charge is -2.13. The lowest BCUT2D eigenvalue weighted by atomic mass is 10.2. The molecule has 0 fully saturated rings. The molecule has 2 aromatic carbocycles. The third-order valence-electron chi connectivity index (χ3n) is 3.06. The Hall–Kier alpha value is -2.74. The number of benzene rings is 2. The van der Waals surface area contributed by atoms with Crippen molar-refractivity contribution in [2.45, 2.75) is 4.90 Å². The van der Waals surface area contributed by atoms with Crippen LogP contribution in [0.4, 0.5) is 5.69 Å². The van der Waals surface area contributed by atoms with E-state index in [0.717, 1.165) is 0 Å². The highest BCUT2D eigenvalue weighted by atomic mass is 32.2. The summed E-state index contributed by atoms with van der Waals surface area (Å²) in [6.07, 6.45) is 0. The zero-order valence-corrected chi connectivity index (χ0v) is 13.3. The maximum absolute atomic E-state index is 12.4. The van der Waals surface area contributed by atoms with Gasteiger partial charge < -0.3 is 14.6 Å². The Kier molecular flexibility index (Phi) is 4.75. The summed E-state index contributed by atoms with van der Waals surface area (Å²) in [5, 5.41) is 8.84. The number of carbonyl (C=O) groups is 1. The van der Waals surface area contributed by atoms with Gasteiger partial charge in [-0.3, -0.25) is 4.72 Å². The van der Waals surface area contributed by atoms with Gasteiger partial charge in [-0.2, -0.15) is 0 Å². The van der Waals surface area contributed by atoms with Gasteiger partial charge in [-0.25, -0.2) is 13.2 Å². The van der Waals surface area contributed by atoms with Gasteiger partial charge in [-0.15, -0.1) is 0 Å². The van der Waals surface area contributed by atoms with E-state index in [9.17, 15) is 13.2 Å². The Morgan fingerprint density at radius 2 is 1.70 bits per heavy atom. The molecule has 0 atom stereocenters. The first-order valence-electron chi connectivity index (χ1n) is 6.45. The molecule has 0 heterocycles. The molecule has 0 aliphatic heterocycles. The van der Waals surface area contributed by atoms with Crippen LogP contribution >= 0.6 is 0 Å². The highest BCUT2D eigenvalue weighted by Crippen LogP contribution is 2.30. The minimum Gasteiger partial charge on any atom is -0.497 e. The molecule has 0 saturated carbocycles. The molecule has 0 aliphatic rings. The molecule has 8 heteroatoms. The molecule has 0 spiro atoms. The van der Waals surface area contributed by atoms with Crippen LogP contribution in [-0.4, -0.2) is 33.7 Å². The summed E-state index contributed by atoms with van der Waals surface area (Å²) >= 11 is 0. The van der Waals surface area contributed by atoms with Gasteiger partial charge in [-0.1, -0.05) is 0 Å². The van der Waals surface area contributed by atoms with E-state index in [1.54, 1.807) is 12.1 Å². The highest BCUT2D eigenvalue weighted by molar-refractivity contribution is 7.92. The molecular formula is C15H15NO6S. The molecule has 0 saturated heterocycles. The molecule has 2 rings (SSSR count). The first-order valence-corrected chi connectivity index (χ1v) is 7.94. The maximum atomic E-state index is 12.4. The lowest BCUT2D eigenvalue weighted by Crippen LogP contribution is -2.14. The molecule has 0 aromatic heterocycles. The van der Waals surface area contributed by atoms with Crippen molar-refractivity contribution < 1.29 is 27.8 Å². The van der Waals surface area contributed by atoms with Gasteiger partial charge in [0.25, 0.3) is 10.0 Å². The summed E-state index contributed by atoms with van der Waals surface area (Å²) in [4.78, 5) is 10.7. The predicted molar refractivity (Wildman–Crippen MR) is 83.8 cm³/mol. The van der Waals surface area contributed by atoms with Gasteiger partial charge >= 0.3 is 5.97 Å². The Balaban J connectivity index is 2.32. The third-order valence-corrected chi connectivity index (χ3v) is 4.45. The van der Waals surface area contributed by atoms with Crippen LogP contribution in [0.2, 0.25) is 0 Å². The summed E-state index contributed by atoms with van der Waals surface area (Å²) < 4.78 is 37.3. The van der Waals surface area contributed by atoms with E-state index in [1.165, 1.54) is 44.6 Å². The van der Waals surface area contributed by atoms with Crippen molar-refractivity contribution in [3.05, 3.63) is 48.0 Å². The largest absolute Gasteiger partial charge is 0.497 e. The van der Waals surface area contributed by atoms with Gasteiger partial charge in [-0.05, 0) is 36.4 Å². The molecule has 7 nitrogen and oxygen atoms in total. The molecule has 0 amide bonds. The first-order chi connectivity index (χ1) is 10.9. The Morgan fingerprint density at radius 3 is 2.22 bits per heavy atom. The van der Waals surface area contributed by atoms with Crippen LogP contribution in [0.5, 0.6) is 11.5 Å². The number of rotatable bonds is 6. The van der Waals surface area contributed by atoms with Crippen molar-refractivity contribution in [1.82, 2.24) is 0 Å². The van der Waals surface area contributed by atoms with Crippen molar-refractivity contribution in [3.63, 3.8) is 0 Å². The van der Waals surface area contributed by atoms with Crippen molar-refractivity contribution in [1.29, 1.82) is 0 Å². The second-order valence-corrected chi connectivity index (χ2v) is 6.18. The van der Waals surface area contributed by atoms with Gasteiger partial charge in [0.1, 0.15) is 11.5 Å². The molecule has 23 heavy (non-hydrogen) atoms. The topological polar surface area (TPSA) is 102 Å². The fraction of sp³-hybridized carbons (Fsp3) is 0.133. The average Bonchev–Trinajstić information content (AvgIpc) is 2.55. The van der Waals surface area contributed by atoms with Gasteiger partial charge in [0.2, 0.25) is 0 Å². The number of hydrogen-bond acceptors (Lipinski definition) is 5. The van der Waals surface area contributed by atoms with Gasteiger partial charge in [0, 0.05) is 6.07 Å². The summed E-state index contributed by atoms with van der Waals surface area (Å²) in [7, 11) is -0.972. The summed E-state index contributed by atoms with van der Waals surface area (Å²) in [5.74, 6) is -0.301. The minimum absolute atomic E-state index is 0.00554. The molecule has 0 radical (unpaired) electrons.